The molecule has 0 saturated carbocycles. The lowest BCUT2D eigenvalue weighted by Gasteiger charge is -2.01. The van der Waals surface area contributed by atoms with Gasteiger partial charge in [-0.1, -0.05) is 0 Å². The predicted octanol–water partition coefficient (Wildman–Crippen LogP) is 1.82. The number of furan rings is 1. The fourth-order valence-electron chi connectivity index (χ4n) is 1.53. The molecule has 0 aliphatic rings. The van der Waals surface area contributed by atoms with E-state index in [0.717, 1.165) is 0 Å². The molecule has 1 heterocycles. The second-order valence-electron chi connectivity index (χ2n) is 3.25. The van der Waals surface area contributed by atoms with Gasteiger partial charge in [0.1, 0.15) is 17.1 Å². The summed E-state index contributed by atoms with van der Waals surface area (Å²) in [5.74, 6) is -0.941. The number of hydrogen-bond donors (Lipinski definition) is 1. The Morgan fingerprint density at radius 3 is 2.94 bits per heavy atom. The minimum atomic E-state index is -0.763. The van der Waals surface area contributed by atoms with Crippen molar-refractivity contribution in [3.63, 3.8) is 0 Å². The van der Waals surface area contributed by atoms with Crippen molar-refractivity contribution in [3.05, 3.63) is 35.3 Å². The van der Waals surface area contributed by atoms with Gasteiger partial charge in [0, 0.05) is 5.39 Å². The molecule has 2 N–H and O–H groups in total. The van der Waals surface area contributed by atoms with Crippen LogP contribution in [0.25, 0.3) is 11.0 Å². The van der Waals surface area contributed by atoms with Crippen LogP contribution >= 0.6 is 0 Å². The topological polar surface area (TPSA) is 65.5 Å². The van der Waals surface area contributed by atoms with Gasteiger partial charge in [-0.15, -0.1) is 0 Å². The van der Waals surface area contributed by atoms with E-state index in [-0.39, 0.29) is 17.7 Å². The number of benzene rings is 1. The molecule has 0 bridgehead atoms. The normalized spacial score (nSPS) is 10.7. The van der Waals surface area contributed by atoms with Gasteiger partial charge in [-0.25, -0.2) is 9.18 Å². The van der Waals surface area contributed by atoms with Crippen molar-refractivity contribution in [2.24, 2.45) is 5.73 Å². The van der Waals surface area contributed by atoms with Crippen molar-refractivity contribution in [2.75, 3.05) is 7.11 Å². The second-order valence-corrected chi connectivity index (χ2v) is 3.25. The van der Waals surface area contributed by atoms with Crippen molar-refractivity contribution < 1.29 is 18.3 Å². The first kappa shape index (κ1) is 10.6. The lowest BCUT2D eigenvalue weighted by molar-refractivity contribution is 0.0596. The molecule has 16 heavy (non-hydrogen) atoms. The van der Waals surface area contributed by atoms with E-state index in [1.54, 1.807) is 6.07 Å². The summed E-state index contributed by atoms with van der Waals surface area (Å²) in [7, 11) is 1.19. The Bertz CT molecular complexity index is 547. The van der Waals surface area contributed by atoms with E-state index >= 15 is 0 Å². The molecule has 2 aromatic rings. The van der Waals surface area contributed by atoms with E-state index in [4.69, 9.17) is 10.2 Å². The van der Waals surface area contributed by atoms with Crippen LogP contribution in [0.3, 0.4) is 0 Å². The van der Waals surface area contributed by atoms with Gasteiger partial charge in [0.25, 0.3) is 0 Å². The number of ether oxygens (including phenoxy) is 1. The summed E-state index contributed by atoms with van der Waals surface area (Å²) in [5, 5.41) is 0.627. The highest BCUT2D eigenvalue weighted by molar-refractivity contribution is 6.02. The minimum Gasteiger partial charge on any atom is -0.465 e. The van der Waals surface area contributed by atoms with Crippen molar-refractivity contribution in [2.45, 2.75) is 6.54 Å². The molecule has 2 rings (SSSR count). The number of esters is 1. The summed E-state index contributed by atoms with van der Waals surface area (Å²) in [4.78, 5) is 11.4. The molecule has 0 amide bonds. The second kappa shape index (κ2) is 3.94. The van der Waals surface area contributed by atoms with Gasteiger partial charge in [-0.05, 0) is 18.2 Å². The van der Waals surface area contributed by atoms with Crippen LogP contribution in [0.2, 0.25) is 0 Å². The summed E-state index contributed by atoms with van der Waals surface area (Å²) in [6, 6.07) is 4.39. The highest BCUT2D eigenvalue weighted by Crippen LogP contribution is 2.25. The molecule has 84 valence electrons. The molecule has 1 aromatic carbocycles. The van der Waals surface area contributed by atoms with E-state index in [9.17, 15) is 9.18 Å². The zero-order valence-corrected chi connectivity index (χ0v) is 8.62. The zero-order chi connectivity index (χ0) is 11.7. The van der Waals surface area contributed by atoms with Crippen molar-refractivity contribution in [1.82, 2.24) is 0 Å². The third-order valence-electron chi connectivity index (χ3n) is 2.28. The average Bonchev–Trinajstić information content (AvgIpc) is 2.71. The maximum atomic E-state index is 13.5. The molecule has 1 aromatic heterocycles. The summed E-state index contributed by atoms with van der Waals surface area (Å²) in [6.45, 7) is 0.191. The maximum absolute atomic E-state index is 13.5. The molecule has 0 fully saturated rings. The van der Waals surface area contributed by atoms with Crippen LogP contribution in [0, 0.1) is 5.82 Å². The smallest absolute Gasteiger partial charge is 0.344 e. The van der Waals surface area contributed by atoms with Gasteiger partial charge < -0.3 is 14.9 Å². The third-order valence-corrected chi connectivity index (χ3v) is 2.28. The molecule has 0 spiro atoms. The zero-order valence-electron chi connectivity index (χ0n) is 8.62. The van der Waals surface area contributed by atoms with E-state index in [1.807, 2.05) is 0 Å². The molecule has 5 heteroatoms. The molecule has 0 atom stereocenters. The number of fused-ring (bicyclic) bond motifs is 1. The quantitative estimate of drug-likeness (QED) is 0.788. The van der Waals surface area contributed by atoms with E-state index in [0.29, 0.717) is 11.1 Å². The van der Waals surface area contributed by atoms with Gasteiger partial charge >= 0.3 is 5.97 Å². The fourth-order valence-corrected chi connectivity index (χ4v) is 1.53. The highest BCUT2D eigenvalue weighted by atomic mass is 19.1. The summed E-state index contributed by atoms with van der Waals surface area (Å²) < 4.78 is 23.3. The van der Waals surface area contributed by atoms with Crippen LogP contribution in [0.5, 0.6) is 0 Å². The predicted molar refractivity (Wildman–Crippen MR) is 55.4 cm³/mol. The molecule has 0 aliphatic carbocycles. The Hall–Kier alpha value is -1.88. The SMILES string of the molecule is COC(=O)c1c(F)ccc2cc(CN)oc12. The van der Waals surface area contributed by atoms with Crippen LogP contribution in [-0.2, 0) is 11.3 Å². The van der Waals surface area contributed by atoms with Crippen molar-refractivity contribution >= 4 is 16.9 Å². The minimum absolute atomic E-state index is 0.173. The molecular weight excluding hydrogens is 213 g/mol. The van der Waals surface area contributed by atoms with Gasteiger partial charge in [0.15, 0.2) is 5.58 Å². The Labute approximate surface area is 90.8 Å². The molecule has 0 aliphatic heterocycles. The monoisotopic (exact) mass is 223 g/mol. The van der Waals surface area contributed by atoms with Crippen molar-refractivity contribution in [1.29, 1.82) is 0 Å². The molecule has 4 nitrogen and oxygen atoms in total. The Morgan fingerprint density at radius 1 is 1.56 bits per heavy atom. The van der Waals surface area contributed by atoms with E-state index < -0.39 is 11.8 Å². The van der Waals surface area contributed by atoms with Gasteiger partial charge in [-0.2, -0.15) is 0 Å². The number of carbonyl (C=O) groups excluding carboxylic acids is 1. The van der Waals surface area contributed by atoms with Gasteiger partial charge in [-0.3, -0.25) is 0 Å². The number of carbonyl (C=O) groups is 1. The number of hydrogen-bond acceptors (Lipinski definition) is 4. The van der Waals surface area contributed by atoms with E-state index in [1.165, 1.54) is 19.2 Å². The first-order chi connectivity index (χ1) is 7.67. The fraction of sp³-hybridized carbons (Fsp3) is 0.182. The maximum Gasteiger partial charge on any atom is 0.344 e. The Balaban J connectivity index is 2.73. The molecule has 0 radical (unpaired) electrons. The number of rotatable bonds is 2. The van der Waals surface area contributed by atoms with Crippen LogP contribution in [-0.4, -0.2) is 13.1 Å². The highest BCUT2D eigenvalue weighted by Gasteiger charge is 2.19. The van der Waals surface area contributed by atoms with Crippen LogP contribution in [0.1, 0.15) is 16.1 Å². The van der Waals surface area contributed by atoms with Crippen molar-refractivity contribution in [3.8, 4) is 0 Å². The number of nitrogens with two attached hydrogens (primary N) is 1. The number of methoxy groups -OCH3 is 1. The van der Waals surface area contributed by atoms with Crippen LogP contribution in [0.15, 0.2) is 22.6 Å². The van der Waals surface area contributed by atoms with Gasteiger partial charge in [0.2, 0.25) is 0 Å². The average molecular weight is 223 g/mol. The standard InChI is InChI=1S/C11H10FNO3/c1-15-11(14)9-8(12)3-2-6-4-7(5-13)16-10(6)9/h2-4H,5,13H2,1H3. The van der Waals surface area contributed by atoms with E-state index in [2.05, 4.69) is 4.74 Å². The molecule has 0 saturated heterocycles. The lowest BCUT2D eigenvalue weighted by atomic mass is 10.1. The lowest BCUT2D eigenvalue weighted by Crippen LogP contribution is -2.04. The summed E-state index contributed by atoms with van der Waals surface area (Å²) in [5.41, 5.74) is 5.39. The summed E-state index contributed by atoms with van der Waals surface area (Å²) in [6.07, 6.45) is 0. The first-order valence-corrected chi connectivity index (χ1v) is 4.66. The molecule has 0 unspecified atom stereocenters. The summed E-state index contributed by atoms with van der Waals surface area (Å²) >= 11 is 0. The van der Waals surface area contributed by atoms with Crippen LogP contribution in [0.4, 0.5) is 4.39 Å². The van der Waals surface area contributed by atoms with Gasteiger partial charge in [0.05, 0.1) is 13.7 Å². The van der Waals surface area contributed by atoms with Crippen LogP contribution < -0.4 is 5.73 Å². The molecular formula is C11H10FNO3. The Kier molecular flexibility index (Phi) is 2.62. The third kappa shape index (κ3) is 1.55. The Morgan fingerprint density at radius 2 is 2.31 bits per heavy atom. The first-order valence-electron chi connectivity index (χ1n) is 4.66. The largest absolute Gasteiger partial charge is 0.465 e. The number of halogens is 1.